The minimum atomic E-state index is -0.251. The molecule has 4 nitrogen and oxygen atoms in total. The van der Waals surface area contributed by atoms with Gasteiger partial charge >= 0.3 is 0 Å². The second-order valence-electron chi connectivity index (χ2n) is 5.71. The number of hydrogen-bond acceptors (Lipinski definition) is 4. The molecule has 1 N–H and O–H groups in total. The van der Waals surface area contributed by atoms with E-state index in [-0.39, 0.29) is 17.6 Å². The van der Waals surface area contributed by atoms with Crippen molar-refractivity contribution in [2.24, 2.45) is 5.92 Å². The summed E-state index contributed by atoms with van der Waals surface area (Å²) >= 11 is 1.43. The van der Waals surface area contributed by atoms with Crippen LogP contribution in [-0.4, -0.2) is 35.9 Å². The van der Waals surface area contributed by atoms with Gasteiger partial charge in [0, 0.05) is 18.5 Å². The number of carbonyl (C=O) groups excluding carboxylic acids is 1. The standard InChI is InChI=1S/C16H14FN3OS/c1-20-7-10(8-20)15(21)19-16-18-13-5-2-9-6-11(17)3-4-12(9)14(13)22-16/h2-6,10H,7-8H2,1H3,(H,18,19,21). The SMILES string of the molecule is CN1CC(C(=O)Nc2nc3ccc4cc(F)ccc4c3s2)C1. The third kappa shape index (κ3) is 2.24. The van der Waals surface area contributed by atoms with Gasteiger partial charge in [-0.3, -0.25) is 4.79 Å². The number of aromatic nitrogens is 1. The van der Waals surface area contributed by atoms with Gasteiger partial charge in [0.2, 0.25) is 5.91 Å². The van der Waals surface area contributed by atoms with Crippen molar-refractivity contribution in [2.75, 3.05) is 25.5 Å². The van der Waals surface area contributed by atoms with Crippen molar-refractivity contribution in [3.63, 3.8) is 0 Å². The summed E-state index contributed by atoms with van der Waals surface area (Å²) in [5.41, 5.74) is 0.824. The van der Waals surface area contributed by atoms with Crippen molar-refractivity contribution in [1.82, 2.24) is 9.88 Å². The zero-order chi connectivity index (χ0) is 15.3. The Labute approximate surface area is 130 Å². The number of fused-ring (bicyclic) bond motifs is 3. The Balaban J connectivity index is 1.68. The second kappa shape index (κ2) is 5.00. The number of halogens is 1. The maximum atomic E-state index is 13.3. The summed E-state index contributed by atoms with van der Waals surface area (Å²) < 4.78 is 14.3. The van der Waals surface area contributed by atoms with E-state index in [9.17, 15) is 9.18 Å². The molecule has 1 aliphatic rings. The Bertz CT molecular complexity index is 886. The summed E-state index contributed by atoms with van der Waals surface area (Å²) in [5, 5.41) is 5.30. The normalized spacial score (nSPS) is 16.1. The Morgan fingerprint density at radius 1 is 1.36 bits per heavy atom. The molecule has 1 amide bonds. The van der Waals surface area contributed by atoms with E-state index >= 15 is 0 Å². The van der Waals surface area contributed by atoms with Crippen molar-refractivity contribution < 1.29 is 9.18 Å². The lowest BCUT2D eigenvalue weighted by Crippen LogP contribution is -2.49. The molecular weight excluding hydrogens is 301 g/mol. The second-order valence-corrected chi connectivity index (χ2v) is 6.70. The van der Waals surface area contributed by atoms with Crippen LogP contribution in [-0.2, 0) is 4.79 Å². The van der Waals surface area contributed by atoms with Crippen molar-refractivity contribution in [1.29, 1.82) is 0 Å². The van der Waals surface area contributed by atoms with E-state index in [4.69, 9.17) is 0 Å². The van der Waals surface area contributed by atoms with Gasteiger partial charge in [0.1, 0.15) is 5.82 Å². The third-order valence-corrected chi connectivity index (χ3v) is 5.02. The lowest BCUT2D eigenvalue weighted by atomic mass is 10.0. The third-order valence-electron chi connectivity index (χ3n) is 4.00. The first-order valence-corrected chi connectivity index (χ1v) is 7.90. The molecule has 0 radical (unpaired) electrons. The highest BCUT2D eigenvalue weighted by Crippen LogP contribution is 2.33. The van der Waals surface area contributed by atoms with Crippen LogP contribution in [0, 0.1) is 11.7 Å². The van der Waals surface area contributed by atoms with Crippen LogP contribution >= 0.6 is 11.3 Å². The Morgan fingerprint density at radius 3 is 2.95 bits per heavy atom. The maximum absolute atomic E-state index is 13.3. The number of rotatable bonds is 2. The summed E-state index contributed by atoms with van der Waals surface area (Å²) in [5.74, 6) is -0.186. The molecule has 0 aliphatic carbocycles. The van der Waals surface area contributed by atoms with E-state index in [1.54, 1.807) is 6.07 Å². The van der Waals surface area contributed by atoms with E-state index in [1.165, 1.54) is 23.5 Å². The Hall–Kier alpha value is -2.05. The van der Waals surface area contributed by atoms with Crippen molar-refractivity contribution >= 4 is 43.4 Å². The highest BCUT2D eigenvalue weighted by Gasteiger charge is 2.30. The first-order chi connectivity index (χ1) is 10.6. The van der Waals surface area contributed by atoms with Gasteiger partial charge in [0.15, 0.2) is 5.13 Å². The first-order valence-electron chi connectivity index (χ1n) is 7.08. The van der Waals surface area contributed by atoms with Crippen LogP contribution in [0.2, 0.25) is 0 Å². The molecule has 4 rings (SSSR count). The van der Waals surface area contributed by atoms with Gasteiger partial charge in [-0.2, -0.15) is 0 Å². The fourth-order valence-corrected chi connectivity index (χ4v) is 3.81. The molecule has 1 aliphatic heterocycles. The van der Waals surface area contributed by atoms with E-state index < -0.39 is 0 Å². The number of hydrogen-bond donors (Lipinski definition) is 1. The number of thiazole rings is 1. The average Bonchev–Trinajstić information content (AvgIpc) is 2.86. The van der Waals surface area contributed by atoms with Gasteiger partial charge < -0.3 is 10.2 Å². The van der Waals surface area contributed by atoms with Crippen LogP contribution in [0.1, 0.15) is 0 Å². The first kappa shape index (κ1) is 13.6. The van der Waals surface area contributed by atoms with Gasteiger partial charge in [0.05, 0.1) is 16.1 Å². The molecule has 0 spiro atoms. The van der Waals surface area contributed by atoms with E-state index in [0.717, 1.165) is 34.1 Å². The Kier molecular flexibility index (Phi) is 3.09. The lowest BCUT2D eigenvalue weighted by molar-refractivity contribution is -0.124. The predicted molar refractivity (Wildman–Crippen MR) is 86.7 cm³/mol. The molecule has 3 aromatic rings. The van der Waals surface area contributed by atoms with Gasteiger partial charge in [-0.15, -0.1) is 0 Å². The van der Waals surface area contributed by atoms with Crippen LogP contribution in [0.25, 0.3) is 21.0 Å². The molecule has 2 aromatic carbocycles. The fourth-order valence-electron chi connectivity index (χ4n) is 2.81. The van der Waals surface area contributed by atoms with Gasteiger partial charge in [-0.1, -0.05) is 17.4 Å². The van der Waals surface area contributed by atoms with Crippen molar-refractivity contribution in [2.45, 2.75) is 0 Å². The number of amides is 1. The maximum Gasteiger partial charge on any atom is 0.231 e. The molecular formula is C16H14FN3OS. The van der Waals surface area contributed by atoms with Crippen molar-refractivity contribution in [3.8, 4) is 0 Å². The molecule has 6 heteroatoms. The smallest absolute Gasteiger partial charge is 0.231 e. The number of anilines is 1. The average molecular weight is 315 g/mol. The molecule has 0 saturated carbocycles. The molecule has 0 unspecified atom stereocenters. The van der Waals surface area contributed by atoms with E-state index in [0.29, 0.717) is 5.13 Å². The highest BCUT2D eigenvalue weighted by atomic mass is 32.1. The molecule has 112 valence electrons. The van der Waals surface area contributed by atoms with Crippen LogP contribution in [0.15, 0.2) is 30.3 Å². The number of benzene rings is 2. The zero-order valence-electron chi connectivity index (χ0n) is 12.0. The number of likely N-dealkylation sites (tertiary alicyclic amines) is 1. The predicted octanol–water partition coefficient (Wildman–Crippen LogP) is 3.09. The van der Waals surface area contributed by atoms with Gasteiger partial charge in [0.25, 0.3) is 0 Å². The van der Waals surface area contributed by atoms with Crippen molar-refractivity contribution in [3.05, 3.63) is 36.1 Å². The van der Waals surface area contributed by atoms with E-state index in [1.807, 2.05) is 19.2 Å². The van der Waals surface area contributed by atoms with Gasteiger partial charge in [-0.25, -0.2) is 9.37 Å². The minimum absolute atomic E-state index is 0.0208. The van der Waals surface area contributed by atoms with Crippen LogP contribution in [0.3, 0.4) is 0 Å². The van der Waals surface area contributed by atoms with Crippen LogP contribution < -0.4 is 5.32 Å². The largest absolute Gasteiger partial charge is 0.305 e. The van der Waals surface area contributed by atoms with Crippen LogP contribution in [0.5, 0.6) is 0 Å². The number of nitrogens with one attached hydrogen (secondary N) is 1. The molecule has 0 bridgehead atoms. The molecule has 1 fully saturated rings. The summed E-state index contributed by atoms with van der Waals surface area (Å²) in [6, 6.07) is 8.44. The topological polar surface area (TPSA) is 45.2 Å². The summed E-state index contributed by atoms with van der Waals surface area (Å²) in [6.07, 6.45) is 0. The van der Waals surface area contributed by atoms with E-state index in [2.05, 4.69) is 15.2 Å². The molecule has 22 heavy (non-hydrogen) atoms. The summed E-state index contributed by atoms with van der Waals surface area (Å²) in [7, 11) is 1.99. The lowest BCUT2D eigenvalue weighted by Gasteiger charge is -2.34. The number of nitrogens with zero attached hydrogens (tertiary/aromatic N) is 2. The number of carbonyl (C=O) groups is 1. The van der Waals surface area contributed by atoms with Crippen LogP contribution in [0.4, 0.5) is 9.52 Å². The minimum Gasteiger partial charge on any atom is -0.305 e. The summed E-state index contributed by atoms with van der Waals surface area (Å²) in [4.78, 5) is 18.7. The molecule has 1 saturated heterocycles. The fraction of sp³-hybridized carbons (Fsp3) is 0.250. The molecule has 0 atom stereocenters. The molecule has 1 aromatic heterocycles. The highest BCUT2D eigenvalue weighted by molar-refractivity contribution is 7.23. The monoisotopic (exact) mass is 315 g/mol. The zero-order valence-corrected chi connectivity index (χ0v) is 12.8. The van der Waals surface area contributed by atoms with Gasteiger partial charge in [-0.05, 0) is 36.7 Å². The molecule has 2 heterocycles. The summed E-state index contributed by atoms with van der Waals surface area (Å²) in [6.45, 7) is 1.58. The quantitative estimate of drug-likeness (QED) is 0.790. The Morgan fingerprint density at radius 2 is 2.18 bits per heavy atom.